The first-order chi connectivity index (χ1) is 12.8. The van der Waals surface area contributed by atoms with Crippen LogP contribution in [0.25, 0.3) is 17.0 Å². The molecule has 0 fully saturated rings. The number of hydrogen-bond acceptors (Lipinski definition) is 5. The van der Waals surface area contributed by atoms with Crippen molar-refractivity contribution in [2.75, 3.05) is 13.1 Å². The molecule has 0 saturated heterocycles. The van der Waals surface area contributed by atoms with Crippen LogP contribution in [0.2, 0.25) is 0 Å². The van der Waals surface area contributed by atoms with E-state index in [0.29, 0.717) is 0 Å². The van der Waals surface area contributed by atoms with E-state index < -0.39 is 0 Å². The highest BCUT2D eigenvalue weighted by atomic mass is 15.4. The van der Waals surface area contributed by atoms with Crippen LogP contribution in [0.5, 0.6) is 0 Å². The van der Waals surface area contributed by atoms with E-state index in [4.69, 9.17) is 10.1 Å². The van der Waals surface area contributed by atoms with Gasteiger partial charge in [0.15, 0.2) is 11.5 Å². The molecule has 0 bridgehead atoms. The second-order valence-corrected chi connectivity index (χ2v) is 6.56. The number of nitrogens with zero attached hydrogens (tertiary/aromatic N) is 7. The minimum Gasteiger partial charge on any atom is -0.297 e. The van der Waals surface area contributed by atoms with Crippen molar-refractivity contribution in [3.8, 4) is 11.4 Å². The zero-order valence-electron chi connectivity index (χ0n) is 14.4. The topological polar surface area (TPSA) is 64.1 Å². The Kier molecular flexibility index (Phi) is 3.71. The molecule has 130 valence electrons. The monoisotopic (exact) mass is 345 g/mol. The summed E-state index contributed by atoms with van der Waals surface area (Å²) in [6.45, 7) is 3.70. The predicted molar refractivity (Wildman–Crippen MR) is 97.4 cm³/mol. The standard InChI is InChI=1S/C19H19N7/c1-2-4-16(5-3-1)19-22-17-7-8-24(10-11-26(17)23-19)13-15-6-9-25-18(12-15)20-14-21-25/h1-6,9,12,14H,7-8,10-11,13H2. The molecule has 0 saturated carbocycles. The molecule has 0 N–H and O–H groups in total. The summed E-state index contributed by atoms with van der Waals surface area (Å²) in [5.74, 6) is 1.89. The second-order valence-electron chi connectivity index (χ2n) is 6.56. The maximum atomic E-state index is 4.76. The van der Waals surface area contributed by atoms with E-state index >= 15 is 0 Å². The van der Waals surface area contributed by atoms with Crippen molar-refractivity contribution < 1.29 is 0 Å². The molecule has 26 heavy (non-hydrogen) atoms. The average molecular weight is 345 g/mol. The maximum Gasteiger partial charge on any atom is 0.181 e. The number of benzene rings is 1. The highest BCUT2D eigenvalue weighted by molar-refractivity contribution is 5.54. The van der Waals surface area contributed by atoms with Crippen LogP contribution in [0.1, 0.15) is 11.4 Å². The van der Waals surface area contributed by atoms with Gasteiger partial charge in [0.25, 0.3) is 0 Å². The van der Waals surface area contributed by atoms with Crippen LogP contribution >= 0.6 is 0 Å². The van der Waals surface area contributed by atoms with Gasteiger partial charge in [-0.25, -0.2) is 19.2 Å². The lowest BCUT2D eigenvalue weighted by molar-refractivity contribution is 0.269. The van der Waals surface area contributed by atoms with Gasteiger partial charge in [0, 0.05) is 37.8 Å². The minimum atomic E-state index is 0.825. The van der Waals surface area contributed by atoms with Gasteiger partial charge in [0.2, 0.25) is 0 Å². The first kappa shape index (κ1) is 15.2. The predicted octanol–water partition coefficient (Wildman–Crippen LogP) is 2.05. The Hall–Kier alpha value is -3.06. The molecule has 4 aromatic rings. The summed E-state index contributed by atoms with van der Waals surface area (Å²) in [7, 11) is 0. The van der Waals surface area contributed by atoms with E-state index in [1.54, 1.807) is 10.8 Å². The van der Waals surface area contributed by atoms with Gasteiger partial charge in [-0.15, -0.1) is 0 Å². The summed E-state index contributed by atoms with van der Waals surface area (Å²) in [5.41, 5.74) is 3.22. The zero-order chi connectivity index (χ0) is 17.3. The fourth-order valence-corrected chi connectivity index (χ4v) is 3.43. The maximum absolute atomic E-state index is 4.76. The summed E-state index contributed by atoms with van der Waals surface area (Å²) < 4.78 is 3.85. The SMILES string of the molecule is c1ccc(-c2nc3n(n2)CCN(Cc2ccn4ncnc4c2)CC3)cc1. The molecule has 4 heterocycles. The van der Waals surface area contributed by atoms with Gasteiger partial charge in [0.1, 0.15) is 12.2 Å². The van der Waals surface area contributed by atoms with Crippen molar-refractivity contribution in [3.63, 3.8) is 0 Å². The van der Waals surface area contributed by atoms with E-state index in [0.717, 1.165) is 55.5 Å². The van der Waals surface area contributed by atoms with Gasteiger partial charge >= 0.3 is 0 Å². The average Bonchev–Trinajstić information content (AvgIpc) is 3.27. The van der Waals surface area contributed by atoms with Crippen LogP contribution in [0, 0.1) is 0 Å². The molecule has 7 nitrogen and oxygen atoms in total. The lowest BCUT2D eigenvalue weighted by Crippen LogP contribution is -2.26. The third kappa shape index (κ3) is 2.86. The summed E-state index contributed by atoms with van der Waals surface area (Å²) in [6.07, 6.45) is 4.46. The molecule has 0 atom stereocenters. The number of fused-ring (bicyclic) bond motifs is 2. The largest absolute Gasteiger partial charge is 0.297 e. The van der Waals surface area contributed by atoms with Crippen molar-refractivity contribution in [3.05, 3.63) is 66.4 Å². The number of rotatable bonds is 3. The lowest BCUT2D eigenvalue weighted by atomic mass is 10.2. The number of aromatic nitrogens is 6. The second kappa shape index (κ2) is 6.34. The molecule has 5 rings (SSSR count). The highest BCUT2D eigenvalue weighted by Gasteiger charge is 2.18. The van der Waals surface area contributed by atoms with E-state index in [1.807, 2.05) is 24.4 Å². The molecule has 1 aliphatic rings. The van der Waals surface area contributed by atoms with Crippen LogP contribution < -0.4 is 0 Å². The molecule has 0 spiro atoms. The Morgan fingerprint density at radius 3 is 2.85 bits per heavy atom. The fourth-order valence-electron chi connectivity index (χ4n) is 3.43. The lowest BCUT2D eigenvalue weighted by Gasteiger charge is -2.19. The first-order valence-electron chi connectivity index (χ1n) is 8.85. The van der Waals surface area contributed by atoms with Crippen LogP contribution in [-0.4, -0.2) is 47.4 Å². The third-order valence-corrected chi connectivity index (χ3v) is 4.81. The quantitative estimate of drug-likeness (QED) is 0.569. The Bertz CT molecular complexity index is 1010. The summed E-state index contributed by atoms with van der Waals surface area (Å²) in [6, 6.07) is 14.4. The van der Waals surface area contributed by atoms with E-state index in [9.17, 15) is 0 Å². The normalized spacial score (nSPS) is 15.1. The Morgan fingerprint density at radius 1 is 1.00 bits per heavy atom. The minimum absolute atomic E-state index is 0.825. The number of hydrogen-bond donors (Lipinski definition) is 0. The molecule has 0 aliphatic carbocycles. The first-order valence-corrected chi connectivity index (χ1v) is 8.85. The van der Waals surface area contributed by atoms with Crippen molar-refractivity contribution in [2.45, 2.75) is 19.5 Å². The van der Waals surface area contributed by atoms with Gasteiger partial charge < -0.3 is 0 Å². The zero-order valence-corrected chi connectivity index (χ0v) is 14.4. The summed E-state index contributed by atoms with van der Waals surface area (Å²) in [4.78, 5) is 11.5. The third-order valence-electron chi connectivity index (χ3n) is 4.81. The molecule has 3 aromatic heterocycles. The molecule has 7 heteroatoms. The van der Waals surface area contributed by atoms with Crippen molar-refractivity contribution in [1.29, 1.82) is 0 Å². The van der Waals surface area contributed by atoms with Crippen molar-refractivity contribution >= 4 is 5.65 Å². The van der Waals surface area contributed by atoms with E-state index in [1.165, 1.54) is 5.56 Å². The molecule has 1 aliphatic heterocycles. The van der Waals surface area contributed by atoms with Crippen LogP contribution in [-0.2, 0) is 19.5 Å². The molecule has 1 aromatic carbocycles. The van der Waals surface area contributed by atoms with Crippen LogP contribution in [0.4, 0.5) is 0 Å². The smallest absolute Gasteiger partial charge is 0.181 e. The highest BCUT2D eigenvalue weighted by Crippen LogP contribution is 2.18. The Labute approximate surface area is 150 Å². The van der Waals surface area contributed by atoms with Gasteiger partial charge in [-0.3, -0.25) is 4.90 Å². The Morgan fingerprint density at radius 2 is 1.92 bits per heavy atom. The summed E-state index contributed by atoms with van der Waals surface area (Å²) >= 11 is 0. The van der Waals surface area contributed by atoms with Gasteiger partial charge in [-0.1, -0.05) is 30.3 Å². The number of pyridine rings is 1. The van der Waals surface area contributed by atoms with Crippen molar-refractivity contribution in [2.24, 2.45) is 0 Å². The molecule has 0 radical (unpaired) electrons. The van der Waals surface area contributed by atoms with Gasteiger partial charge in [0.05, 0.1) is 6.54 Å². The molecule has 0 amide bonds. The molecular weight excluding hydrogens is 326 g/mol. The van der Waals surface area contributed by atoms with E-state index in [-0.39, 0.29) is 0 Å². The van der Waals surface area contributed by atoms with Gasteiger partial charge in [-0.2, -0.15) is 10.2 Å². The van der Waals surface area contributed by atoms with Crippen LogP contribution in [0.15, 0.2) is 55.0 Å². The van der Waals surface area contributed by atoms with E-state index in [2.05, 4.69) is 43.9 Å². The summed E-state index contributed by atoms with van der Waals surface area (Å²) in [5, 5.41) is 8.86. The van der Waals surface area contributed by atoms with Crippen molar-refractivity contribution in [1.82, 2.24) is 34.3 Å². The molecular formula is C19H19N7. The van der Waals surface area contributed by atoms with Gasteiger partial charge in [-0.05, 0) is 17.7 Å². The van der Waals surface area contributed by atoms with Crippen LogP contribution in [0.3, 0.4) is 0 Å². The Balaban J connectivity index is 1.30. The fraction of sp³-hybridized carbons (Fsp3) is 0.263. The molecule has 0 unspecified atom stereocenters.